The molecule has 1 aromatic heterocycles. The lowest BCUT2D eigenvalue weighted by atomic mass is 9.95. The molecule has 0 aliphatic carbocycles. The second-order valence-corrected chi connectivity index (χ2v) is 5.49. The highest BCUT2D eigenvalue weighted by molar-refractivity contribution is 9.09. The van der Waals surface area contributed by atoms with Gasteiger partial charge in [0.2, 0.25) is 0 Å². The first kappa shape index (κ1) is 11.0. The molecule has 0 radical (unpaired) electrons. The van der Waals surface area contributed by atoms with Crippen molar-refractivity contribution in [3.05, 3.63) is 11.1 Å². The molecule has 0 saturated carbocycles. The molecule has 0 aromatic carbocycles. The average molecular weight is 263 g/mol. The highest BCUT2D eigenvalue weighted by atomic mass is 79.9. The van der Waals surface area contributed by atoms with Crippen LogP contribution in [-0.4, -0.2) is 24.4 Å². The van der Waals surface area contributed by atoms with Crippen molar-refractivity contribution < 1.29 is 0 Å². The van der Waals surface area contributed by atoms with Crippen molar-refractivity contribution in [2.75, 3.05) is 24.3 Å². The zero-order chi connectivity index (χ0) is 10.1. The SMILES string of the molecule is CN(C)c1ncc(C(C)(C)CBr)s1. The second-order valence-electron chi connectivity index (χ2n) is 3.92. The van der Waals surface area contributed by atoms with E-state index in [0.717, 1.165) is 10.5 Å². The van der Waals surface area contributed by atoms with Gasteiger partial charge in [-0.25, -0.2) is 4.98 Å². The van der Waals surface area contributed by atoms with Crippen LogP contribution in [0.2, 0.25) is 0 Å². The van der Waals surface area contributed by atoms with Crippen LogP contribution in [0.3, 0.4) is 0 Å². The van der Waals surface area contributed by atoms with Gasteiger partial charge in [0.05, 0.1) is 0 Å². The number of aromatic nitrogens is 1. The summed E-state index contributed by atoms with van der Waals surface area (Å²) in [6.45, 7) is 4.43. The van der Waals surface area contributed by atoms with Crippen molar-refractivity contribution in [2.24, 2.45) is 0 Å². The minimum absolute atomic E-state index is 0.186. The number of alkyl halides is 1. The first-order valence-corrected chi connectivity index (χ1v) is 6.11. The third-order valence-electron chi connectivity index (χ3n) is 1.88. The second kappa shape index (κ2) is 3.96. The summed E-state index contributed by atoms with van der Waals surface area (Å²) in [7, 11) is 4.04. The van der Waals surface area contributed by atoms with E-state index in [2.05, 4.69) is 34.8 Å². The zero-order valence-corrected chi connectivity index (χ0v) is 10.9. The molecule has 0 bridgehead atoms. The van der Waals surface area contributed by atoms with E-state index in [0.29, 0.717) is 0 Å². The van der Waals surface area contributed by atoms with Gasteiger partial charge in [0.1, 0.15) is 0 Å². The van der Waals surface area contributed by atoms with Gasteiger partial charge in [-0.3, -0.25) is 0 Å². The fraction of sp³-hybridized carbons (Fsp3) is 0.667. The predicted molar refractivity (Wildman–Crippen MR) is 63.3 cm³/mol. The average Bonchev–Trinajstić information content (AvgIpc) is 2.52. The Labute approximate surface area is 92.1 Å². The Hall–Kier alpha value is -0.0900. The van der Waals surface area contributed by atoms with E-state index in [4.69, 9.17) is 0 Å². The quantitative estimate of drug-likeness (QED) is 0.779. The summed E-state index contributed by atoms with van der Waals surface area (Å²) in [6.07, 6.45) is 1.97. The number of thiazole rings is 1. The maximum Gasteiger partial charge on any atom is 0.184 e. The molecule has 74 valence electrons. The van der Waals surface area contributed by atoms with Crippen LogP contribution in [0.4, 0.5) is 5.13 Å². The topological polar surface area (TPSA) is 16.1 Å². The van der Waals surface area contributed by atoms with E-state index in [9.17, 15) is 0 Å². The minimum Gasteiger partial charge on any atom is -0.354 e. The number of rotatable bonds is 3. The number of hydrogen-bond acceptors (Lipinski definition) is 3. The molecular formula is C9H15BrN2S. The molecule has 13 heavy (non-hydrogen) atoms. The first-order chi connectivity index (χ1) is 5.97. The Bertz CT molecular complexity index is 281. The van der Waals surface area contributed by atoms with E-state index < -0.39 is 0 Å². The summed E-state index contributed by atoms with van der Waals surface area (Å²) in [5, 5.41) is 2.04. The molecule has 0 unspecified atom stereocenters. The van der Waals surface area contributed by atoms with Crippen LogP contribution in [0.25, 0.3) is 0 Å². The van der Waals surface area contributed by atoms with Gasteiger partial charge in [-0.1, -0.05) is 29.8 Å². The predicted octanol–water partition coefficient (Wildman–Crippen LogP) is 2.88. The molecule has 0 amide bonds. The third-order valence-corrected chi connectivity index (χ3v) is 4.81. The van der Waals surface area contributed by atoms with Gasteiger partial charge in [-0.15, -0.1) is 11.3 Å². The van der Waals surface area contributed by atoms with Crippen LogP contribution in [0, 0.1) is 0 Å². The van der Waals surface area contributed by atoms with Crippen molar-refractivity contribution in [3.63, 3.8) is 0 Å². The van der Waals surface area contributed by atoms with Crippen LogP contribution >= 0.6 is 27.3 Å². The van der Waals surface area contributed by atoms with Gasteiger partial charge in [-0.2, -0.15) is 0 Å². The molecule has 4 heteroatoms. The lowest BCUT2D eigenvalue weighted by Crippen LogP contribution is -2.16. The first-order valence-electron chi connectivity index (χ1n) is 4.17. The summed E-state index contributed by atoms with van der Waals surface area (Å²) in [5.41, 5.74) is 0.186. The van der Waals surface area contributed by atoms with Crippen molar-refractivity contribution in [1.82, 2.24) is 4.98 Å². The molecule has 1 rings (SSSR count). The molecule has 0 fully saturated rings. The normalized spacial score (nSPS) is 11.8. The monoisotopic (exact) mass is 262 g/mol. The molecule has 0 saturated heterocycles. The standard InChI is InChI=1S/C9H15BrN2S/c1-9(2,6-10)7-5-11-8(13-7)12(3)4/h5H,6H2,1-4H3. The van der Waals surface area contributed by atoms with Crippen LogP contribution in [0.15, 0.2) is 6.20 Å². The number of anilines is 1. The van der Waals surface area contributed by atoms with E-state index in [1.165, 1.54) is 4.88 Å². The Balaban J connectivity index is 2.91. The molecule has 0 aliphatic rings. The van der Waals surface area contributed by atoms with E-state index in [-0.39, 0.29) is 5.41 Å². The molecule has 0 N–H and O–H groups in total. The highest BCUT2D eigenvalue weighted by Crippen LogP contribution is 2.32. The molecule has 0 spiro atoms. The lowest BCUT2D eigenvalue weighted by Gasteiger charge is -2.18. The number of hydrogen-bond donors (Lipinski definition) is 0. The maximum atomic E-state index is 4.35. The van der Waals surface area contributed by atoms with E-state index in [1.54, 1.807) is 11.3 Å². The van der Waals surface area contributed by atoms with Gasteiger partial charge < -0.3 is 4.90 Å². The van der Waals surface area contributed by atoms with Gasteiger partial charge >= 0.3 is 0 Å². The zero-order valence-electron chi connectivity index (χ0n) is 8.47. The minimum atomic E-state index is 0.186. The Morgan fingerprint density at radius 2 is 2.15 bits per heavy atom. The van der Waals surface area contributed by atoms with Gasteiger partial charge in [0.15, 0.2) is 5.13 Å². The molecule has 0 aliphatic heterocycles. The fourth-order valence-electron chi connectivity index (χ4n) is 0.850. The third kappa shape index (κ3) is 2.44. The van der Waals surface area contributed by atoms with Crippen molar-refractivity contribution in [1.29, 1.82) is 0 Å². The van der Waals surface area contributed by atoms with Crippen molar-refractivity contribution >= 4 is 32.4 Å². The molecule has 1 heterocycles. The lowest BCUT2D eigenvalue weighted by molar-refractivity contribution is 0.619. The number of halogens is 1. The van der Waals surface area contributed by atoms with Gasteiger partial charge in [0.25, 0.3) is 0 Å². The summed E-state index contributed by atoms with van der Waals surface area (Å²) >= 11 is 5.28. The van der Waals surface area contributed by atoms with Gasteiger partial charge in [0, 0.05) is 35.9 Å². The van der Waals surface area contributed by atoms with Crippen LogP contribution < -0.4 is 4.90 Å². The Morgan fingerprint density at radius 1 is 1.54 bits per heavy atom. The van der Waals surface area contributed by atoms with Crippen molar-refractivity contribution in [3.8, 4) is 0 Å². The highest BCUT2D eigenvalue weighted by Gasteiger charge is 2.22. The molecule has 1 aromatic rings. The van der Waals surface area contributed by atoms with Crippen LogP contribution in [0.5, 0.6) is 0 Å². The largest absolute Gasteiger partial charge is 0.354 e. The summed E-state index contributed by atoms with van der Waals surface area (Å²) in [4.78, 5) is 7.72. The maximum absolute atomic E-state index is 4.35. The van der Waals surface area contributed by atoms with E-state index in [1.807, 2.05) is 25.2 Å². The Kier molecular flexibility index (Phi) is 3.35. The smallest absolute Gasteiger partial charge is 0.184 e. The van der Waals surface area contributed by atoms with Crippen LogP contribution in [0.1, 0.15) is 18.7 Å². The Morgan fingerprint density at radius 3 is 2.54 bits per heavy atom. The summed E-state index contributed by atoms with van der Waals surface area (Å²) < 4.78 is 0. The van der Waals surface area contributed by atoms with E-state index >= 15 is 0 Å². The fourth-order valence-corrected chi connectivity index (χ4v) is 2.28. The van der Waals surface area contributed by atoms with Crippen molar-refractivity contribution in [2.45, 2.75) is 19.3 Å². The van der Waals surface area contributed by atoms with Gasteiger partial charge in [-0.05, 0) is 0 Å². The molecule has 0 atom stereocenters. The molecule has 2 nitrogen and oxygen atoms in total. The summed E-state index contributed by atoms with van der Waals surface area (Å²) in [6, 6.07) is 0. The molecular weight excluding hydrogens is 248 g/mol. The number of nitrogens with zero attached hydrogens (tertiary/aromatic N) is 2. The van der Waals surface area contributed by atoms with Crippen LogP contribution in [-0.2, 0) is 5.41 Å². The summed E-state index contributed by atoms with van der Waals surface area (Å²) in [5.74, 6) is 0.